The summed E-state index contributed by atoms with van der Waals surface area (Å²) < 4.78 is 0. The van der Waals surface area contributed by atoms with Gasteiger partial charge in [-0.25, -0.2) is 0 Å². The second kappa shape index (κ2) is 6.49. The molecule has 124 valence electrons. The van der Waals surface area contributed by atoms with Gasteiger partial charge in [-0.2, -0.15) is 0 Å². The van der Waals surface area contributed by atoms with Crippen molar-refractivity contribution in [2.75, 3.05) is 0 Å². The van der Waals surface area contributed by atoms with Gasteiger partial charge in [-0.05, 0) is 13.8 Å². The second-order valence-corrected chi connectivity index (χ2v) is 11.3. The molecule has 0 amide bonds. The van der Waals surface area contributed by atoms with Crippen molar-refractivity contribution >= 4 is 18.4 Å². The fourth-order valence-corrected chi connectivity index (χ4v) is 10.8. The summed E-state index contributed by atoms with van der Waals surface area (Å²) in [6.07, 6.45) is 14.0. The van der Waals surface area contributed by atoms with Crippen LogP contribution in [0.2, 0.25) is 11.1 Å². The minimum atomic E-state index is -2.12. The fraction of sp³-hybridized carbons (Fsp3) is 0.167. The number of hydrogen-bond donors (Lipinski definition) is 0. The SMILES string of the molecule is CC1=CC=CC1[Si](c1ccccc1)(c1ccccc1)C1C=CC=C1C. The standard InChI is InChI=1S/C24H24Si/c1-19-11-9-17-23(19)25(21-13-5-3-6-14-21,22-15-7-4-8-16-22)24-18-10-12-20(24)2/h3-18,23-24H,1-2H3. The average Bonchev–Trinajstić information content (AvgIpc) is 3.28. The molecule has 0 saturated heterocycles. The number of allylic oxidation sites excluding steroid dienone is 8. The molecule has 0 spiro atoms. The van der Waals surface area contributed by atoms with Crippen molar-refractivity contribution < 1.29 is 0 Å². The Morgan fingerprint density at radius 3 is 1.32 bits per heavy atom. The summed E-state index contributed by atoms with van der Waals surface area (Å²) in [5, 5.41) is 3.05. The first kappa shape index (κ1) is 16.1. The van der Waals surface area contributed by atoms with Crippen molar-refractivity contribution in [1.29, 1.82) is 0 Å². The molecule has 0 nitrogen and oxygen atoms in total. The Labute approximate surface area is 151 Å². The third kappa shape index (κ3) is 2.51. The lowest BCUT2D eigenvalue weighted by Gasteiger charge is -2.43. The Hall–Kier alpha value is -2.38. The predicted molar refractivity (Wildman–Crippen MR) is 111 cm³/mol. The largest absolute Gasteiger partial charge is 0.139 e. The van der Waals surface area contributed by atoms with E-state index in [1.54, 1.807) is 0 Å². The molecule has 0 radical (unpaired) electrons. The molecule has 1 heteroatoms. The van der Waals surface area contributed by atoms with Gasteiger partial charge in [0, 0.05) is 11.1 Å². The van der Waals surface area contributed by atoms with E-state index in [-0.39, 0.29) is 0 Å². The molecule has 2 aromatic rings. The van der Waals surface area contributed by atoms with Gasteiger partial charge < -0.3 is 0 Å². The minimum Gasteiger partial charge on any atom is -0.0793 e. The average molecular weight is 341 g/mol. The molecule has 0 saturated carbocycles. The normalized spacial score (nSPS) is 22.2. The first-order chi connectivity index (χ1) is 12.2. The van der Waals surface area contributed by atoms with Crippen molar-refractivity contribution in [3.05, 3.63) is 108 Å². The smallest absolute Gasteiger partial charge is 0.0793 e. The van der Waals surface area contributed by atoms with Crippen LogP contribution in [-0.4, -0.2) is 8.07 Å². The van der Waals surface area contributed by atoms with E-state index in [1.165, 1.54) is 21.5 Å². The third-order valence-electron chi connectivity index (χ3n) is 5.79. The molecular formula is C24H24Si. The Balaban J connectivity index is 2.05. The quantitative estimate of drug-likeness (QED) is 0.685. The van der Waals surface area contributed by atoms with Crippen LogP contribution in [0.1, 0.15) is 13.8 Å². The van der Waals surface area contributed by atoms with E-state index in [0.29, 0.717) is 11.1 Å². The lowest BCUT2D eigenvalue weighted by molar-refractivity contribution is 1.09. The number of rotatable bonds is 4. The molecule has 0 N–H and O–H groups in total. The van der Waals surface area contributed by atoms with Crippen LogP contribution < -0.4 is 10.4 Å². The van der Waals surface area contributed by atoms with Crippen molar-refractivity contribution in [3.63, 3.8) is 0 Å². The van der Waals surface area contributed by atoms with Crippen molar-refractivity contribution in [2.45, 2.75) is 24.9 Å². The molecule has 2 aliphatic carbocycles. The molecule has 25 heavy (non-hydrogen) atoms. The van der Waals surface area contributed by atoms with E-state index in [4.69, 9.17) is 0 Å². The van der Waals surface area contributed by atoms with Crippen molar-refractivity contribution in [3.8, 4) is 0 Å². The summed E-state index contributed by atoms with van der Waals surface area (Å²) in [7, 11) is -2.12. The van der Waals surface area contributed by atoms with E-state index in [2.05, 4.69) is 111 Å². The van der Waals surface area contributed by atoms with Crippen molar-refractivity contribution in [1.82, 2.24) is 0 Å². The lowest BCUT2D eigenvalue weighted by atomic mass is 10.2. The molecule has 0 bridgehead atoms. The molecular weight excluding hydrogens is 316 g/mol. The van der Waals surface area contributed by atoms with E-state index in [9.17, 15) is 0 Å². The van der Waals surface area contributed by atoms with Gasteiger partial charge in [-0.1, -0.05) is 119 Å². The highest BCUT2D eigenvalue weighted by molar-refractivity contribution is 7.05. The highest BCUT2D eigenvalue weighted by Gasteiger charge is 2.50. The summed E-state index contributed by atoms with van der Waals surface area (Å²) in [5.74, 6) is 0. The summed E-state index contributed by atoms with van der Waals surface area (Å²) >= 11 is 0. The van der Waals surface area contributed by atoms with Gasteiger partial charge >= 0.3 is 0 Å². The number of hydrogen-bond acceptors (Lipinski definition) is 0. The van der Waals surface area contributed by atoms with Gasteiger partial charge in [0.15, 0.2) is 0 Å². The van der Waals surface area contributed by atoms with Crippen LogP contribution >= 0.6 is 0 Å². The molecule has 0 aliphatic heterocycles. The third-order valence-corrected chi connectivity index (χ3v) is 11.6. The van der Waals surface area contributed by atoms with Gasteiger partial charge in [0.2, 0.25) is 0 Å². The zero-order valence-corrected chi connectivity index (χ0v) is 15.9. The van der Waals surface area contributed by atoms with Gasteiger partial charge in [0.05, 0.1) is 0 Å². The lowest BCUT2D eigenvalue weighted by Crippen LogP contribution is -2.64. The molecule has 2 aliphatic rings. The van der Waals surface area contributed by atoms with E-state index in [1.807, 2.05) is 0 Å². The van der Waals surface area contributed by atoms with Crippen LogP contribution in [0.5, 0.6) is 0 Å². The Morgan fingerprint density at radius 2 is 1.00 bits per heavy atom. The molecule has 2 atom stereocenters. The number of benzene rings is 2. The molecule has 4 rings (SSSR count). The van der Waals surface area contributed by atoms with Crippen LogP contribution in [0.3, 0.4) is 0 Å². The van der Waals surface area contributed by atoms with E-state index < -0.39 is 8.07 Å². The Kier molecular flexibility index (Phi) is 4.18. The maximum absolute atomic E-state index is 2.45. The Morgan fingerprint density at radius 1 is 0.600 bits per heavy atom. The van der Waals surface area contributed by atoms with Gasteiger partial charge in [-0.3, -0.25) is 0 Å². The predicted octanol–water partition coefficient (Wildman–Crippen LogP) is 5.02. The summed E-state index contributed by atoms with van der Waals surface area (Å²) in [5.41, 5.74) is 3.97. The first-order valence-electron chi connectivity index (χ1n) is 9.05. The molecule has 0 aromatic heterocycles. The maximum Gasteiger partial charge on any atom is 0.139 e. The second-order valence-electron chi connectivity index (χ2n) is 7.15. The topological polar surface area (TPSA) is 0 Å². The highest BCUT2D eigenvalue weighted by Crippen LogP contribution is 2.46. The van der Waals surface area contributed by atoms with Crippen molar-refractivity contribution in [2.24, 2.45) is 0 Å². The van der Waals surface area contributed by atoms with Gasteiger partial charge in [0.1, 0.15) is 8.07 Å². The van der Waals surface area contributed by atoms with Crippen LogP contribution in [0.15, 0.2) is 108 Å². The van der Waals surface area contributed by atoms with Crippen LogP contribution in [-0.2, 0) is 0 Å². The van der Waals surface area contributed by atoms with Crippen LogP contribution in [0.4, 0.5) is 0 Å². The van der Waals surface area contributed by atoms with Gasteiger partial charge in [0.25, 0.3) is 0 Å². The van der Waals surface area contributed by atoms with Gasteiger partial charge in [-0.15, -0.1) is 0 Å². The zero-order chi connectivity index (χ0) is 17.3. The Bertz CT molecular complexity index is 793. The minimum absolute atomic E-state index is 0.494. The molecule has 0 heterocycles. The summed E-state index contributed by atoms with van der Waals surface area (Å²) in [4.78, 5) is 0. The summed E-state index contributed by atoms with van der Waals surface area (Å²) in [6.45, 7) is 4.60. The molecule has 2 unspecified atom stereocenters. The molecule has 2 aromatic carbocycles. The summed E-state index contributed by atoms with van der Waals surface area (Å²) in [6, 6.07) is 22.5. The van der Waals surface area contributed by atoms with Crippen LogP contribution in [0, 0.1) is 0 Å². The molecule has 0 fully saturated rings. The maximum atomic E-state index is 2.45. The van der Waals surface area contributed by atoms with E-state index in [0.717, 1.165) is 0 Å². The highest BCUT2D eigenvalue weighted by atomic mass is 28.3. The first-order valence-corrected chi connectivity index (χ1v) is 11.2. The monoisotopic (exact) mass is 340 g/mol. The van der Waals surface area contributed by atoms with Crippen LogP contribution in [0.25, 0.3) is 0 Å². The zero-order valence-electron chi connectivity index (χ0n) is 14.9. The van der Waals surface area contributed by atoms with E-state index >= 15 is 0 Å². The fourth-order valence-electron chi connectivity index (χ4n) is 4.68.